The average Bonchev–Trinajstić information content (AvgIpc) is 3.65. The molecule has 0 saturated carbocycles. The third-order valence-electron chi connectivity index (χ3n) is 7.72. The third-order valence-corrected chi connectivity index (χ3v) is 7.72. The number of ketones is 1. The topological polar surface area (TPSA) is 168 Å². The molecule has 6 rings (SSSR count). The highest BCUT2D eigenvalue weighted by Crippen LogP contribution is 2.45. The molecule has 40 heavy (non-hydrogen) atoms. The first kappa shape index (κ1) is 25.9. The molecule has 2 fully saturated rings. The molecule has 1 amide bonds. The number of anilines is 1. The van der Waals surface area contributed by atoms with Gasteiger partial charge in [0.15, 0.2) is 17.5 Å². The summed E-state index contributed by atoms with van der Waals surface area (Å²) in [6, 6.07) is 2.31. The number of alkyl halides is 3. The molecule has 4 aromatic rings. The minimum Gasteiger partial charge on any atom is -0.383 e. The zero-order valence-corrected chi connectivity index (χ0v) is 21.1. The van der Waals surface area contributed by atoms with Gasteiger partial charge < -0.3 is 20.7 Å². The van der Waals surface area contributed by atoms with Crippen molar-refractivity contribution in [2.75, 3.05) is 5.73 Å². The standard InChI is InChI=1S/C25H24F3N9O3/c1-11(38)18-19(13-6-14-3-4-15(7-13)36(14)24(40)22-31-10-32-35-22)34-23-16(9-33-37(23)21(18)29)12-2-5-17(30-8-12)20(39)25(26,27)28/h2,5,8-10,13-15,20,39H,3-4,6-7,29H2,1H3,(H,31,32,35)/t13-,14-,15+,20-/m0/s1. The van der Waals surface area contributed by atoms with Gasteiger partial charge >= 0.3 is 6.18 Å². The highest BCUT2D eigenvalue weighted by Gasteiger charge is 2.46. The monoisotopic (exact) mass is 555 g/mol. The van der Waals surface area contributed by atoms with E-state index in [1.807, 2.05) is 4.90 Å². The van der Waals surface area contributed by atoms with E-state index in [-0.39, 0.29) is 46.9 Å². The van der Waals surface area contributed by atoms with Crippen LogP contribution in [0.1, 0.15) is 77.0 Å². The van der Waals surface area contributed by atoms with Crippen molar-refractivity contribution < 1.29 is 27.9 Å². The van der Waals surface area contributed by atoms with E-state index in [1.165, 1.54) is 36.2 Å². The summed E-state index contributed by atoms with van der Waals surface area (Å²) in [6.45, 7) is 1.40. The zero-order chi connectivity index (χ0) is 28.3. The Balaban J connectivity index is 1.37. The summed E-state index contributed by atoms with van der Waals surface area (Å²) in [5, 5.41) is 21.3. The minimum absolute atomic E-state index is 0.0819. The van der Waals surface area contributed by atoms with Crippen molar-refractivity contribution in [3.8, 4) is 11.1 Å². The number of nitrogen functional groups attached to an aromatic ring is 1. The number of carbonyl (C=O) groups is 2. The number of aromatic nitrogens is 7. The molecule has 6 heterocycles. The van der Waals surface area contributed by atoms with Crippen LogP contribution in [0.25, 0.3) is 16.8 Å². The number of nitrogens with zero attached hydrogens (tertiary/aromatic N) is 7. The summed E-state index contributed by atoms with van der Waals surface area (Å²) in [6.07, 6.45) is -0.822. The van der Waals surface area contributed by atoms with Crippen LogP contribution in [0.3, 0.4) is 0 Å². The second-order valence-electron chi connectivity index (χ2n) is 10.1. The number of pyridine rings is 1. The molecule has 12 nitrogen and oxygen atoms in total. The lowest BCUT2D eigenvalue weighted by Crippen LogP contribution is -2.46. The molecule has 208 valence electrons. The number of hydrogen-bond donors (Lipinski definition) is 3. The molecule has 2 aliphatic heterocycles. The van der Waals surface area contributed by atoms with Crippen LogP contribution < -0.4 is 5.73 Å². The highest BCUT2D eigenvalue weighted by molar-refractivity contribution is 6.00. The Bertz CT molecular complexity index is 1590. The lowest BCUT2D eigenvalue weighted by molar-refractivity contribution is -0.207. The van der Waals surface area contributed by atoms with Crippen LogP contribution in [0.15, 0.2) is 30.9 Å². The minimum atomic E-state index is -4.85. The van der Waals surface area contributed by atoms with Gasteiger partial charge in [0.05, 0.1) is 23.1 Å². The summed E-state index contributed by atoms with van der Waals surface area (Å²) in [5.74, 6) is -0.396. The van der Waals surface area contributed by atoms with E-state index < -0.39 is 18.0 Å². The maximum absolute atomic E-state index is 13.1. The Morgan fingerprint density at radius 3 is 2.48 bits per heavy atom. The summed E-state index contributed by atoms with van der Waals surface area (Å²) < 4.78 is 40.0. The number of nitrogens with two attached hydrogens (primary N) is 1. The fourth-order valence-corrected chi connectivity index (χ4v) is 5.95. The number of carbonyl (C=O) groups excluding carboxylic acids is 2. The van der Waals surface area contributed by atoms with Crippen LogP contribution in [0.4, 0.5) is 19.0 Å². The quantitative estimate of drug-likeness (QED) is 0.314. The number of amides is 1. The molecule has 4 atom stereocenters. The zero-order valence-electron chi connectivity index (χ0n) is 21.1. The van der Waals surface area contributed by atoms with Gasteiger partial charge in [0.2, 0.25) is 5.82 Å². The third kappa shape index (κ3) is 4.16. The predicted octanol–water partition coefficient (Wildman–Crippen LogP) is 2.84. The van der Waals surface area contributed by atoms with Gasteiger partial charge in [-0.1, -0.05) is 6.07 Å². The molecule has 0 spiro atoms. The van der Waals surface area contributed by atoms with Crippen LogP contribution in [-0.4, -0.2) is 74.7 Å². The van der Waals surface area contributed by atoms with Crippen molar-refractivity contribution in [2.24, 2.45) is 0 Å². The number of halogens is 3. The predicted molar refractivity (Wildman–Crippen MR) is 133 cm³/mol. The van der Waals surface area contributed by atoms with Crippen LogP contribution in [0, 0.1) is 0 Å². The number of fused-ring (bicyclic) bond motifs is 3. The maximum atomic E-state index is 13.1. The van der Waals surface area contributed by atoms with Crippen LogP contribution >= 0.6 is 0 Å². The number of nitrogens with one attached hydrogen (secondary N) is 1. The Kier molecular flexibility index (Phi) is 6.05. The number of Topliss-reactive ketones (excluding diaryl/α,β-unsaturated/α-hetero) is 1. The van der Waals surface area contributed by atoms with Crippen LogP contribution in [0.5, 0.6) is 0 Å². The van der Waals surface area contributed by atoms with Gasteiger partial charge in [0.25, 0.3) is 5.91 Å². The van der Waals surface area contributed by atoms with Crippen molar-refractivity contribution >= 4 is 23.2 Å². The number of aromatic amines is 1. The number of H-pyrrole nitrogens is 1. The van der Waals surface area contributed by atoms with Crippen LogP contribution in [0.2, 0.25) is 0 Å². The van der Waals surface area contributed by atoms with Crippen molar-refractivity contribution in [2.45, 2.75) is 62.9 Å². The number of hydrogen-bond acceptors (Lipinski definition) is 9. The van der Waals surface area contributed by atoms with Gasteiger partial charge in [-0.2, -0.15) is 22.8 Å². The first-order valence-electron chi connectivity index (χ1n) is 12.6. The Morgan fingerprint density at radius 2 is 1.90 bits per heavy atom. The van der Waals surface area contributed by atoms with Crippen molar-refractivity contribution in [1.82, 2.24) is 39.7 Å². The van der Waals surface area contributed by atoms with Gasteiger partial charge in [0, 0.05) is 35.3 Å². The lowest BCUT2D eigenvalue weighted by Gasteiger charge is -2.38. The van der Waals surface area contributed by atoms with Crippen molar-refractivity contribution in [1.29, 1.82) is 0 Å². The molecule has 0 radical (unpaired) electrons. The average molecular weight is 556 g/mol. The van der Waals surface area contributed by atoms with E-state index in [2.05, 4.69) is 25.3 Å². The normalized spacial score (nSPS) is 21.6. The van der Waals surface area contributed by atoms with Gasteiger partial charge in [-0.25, -0.2) is 4.98 Å². The van der Waals surface area contributed by atoms with Crippen molar-refractivity contribution in [3.05, 3.63) is 53.6 Å². The summed E-state index contributed by atoms with van der Waals surface area (Å²) in [4.78, 5) is 39.1. The SMILES string of the molecule is CC(=O)c1c([C@@H]2C[C@H]3CC[C@@H](C2)N3C(=O)c2nnc[nH]2)nc2c(-c3ccc([C@H](O)C(F)(F)F)nc3)cnn2c1N. The summed E-state index contributed by atoms with van der Waals surface area (Å²) >= 11 is 0. The van der Waals surface area contributed by atoms with Crippen LogP contribution in [-0.2, 0) is 0 Å². The molecular formula is C25H24F3N9O3. The second kappa shape index (κ2) is 9.36. The molecular weight excluding hydrogens is 531 g/mol. The number of rotatable bonds is 5. The first-order chi connectivity index (χ1) is 19.0. The molecule has 2 bridgehead atoms. The molecule has 0 aliphatic carbocycles. The fraction of sp³-hybridized carbons (Fsp3) is 0.400. The lowest BCUT2D eigenvalue weighted by atomic mass is 9.85. The molecule has 0 aromatic carbocycles. The molecule has 4 aromatic heterocycles. The van der Waals surface area contributed by atoms with E-state index in [4.69, 9.17) is 10.7 Å². The van der Waals surface area contributed by atoms with E-state index >= 15 is 0 Å². The van der Waals surface area contributed by atoms with Gasteiger partial charge in [0.1, 0.15) is 12.1 Å². The van der Waals surface area contributed by atoms with E-state index in [0.29, 0.717) is 35.3 Å². The molecule has 2 aliphatic rings. The number of aliphatic hydroxyl groups excluding tert-OH is 1. The molecule has 4 N–H and O–H groups in total. The molecule has 15 heteroatoms. The fourth-order valence-electron chi connectivity index (χ4n) is 5.95. The van der Waals surface area contributed by atoms with Gasteiger partial charge in [-0.15, -0.1) is 10.2 Å². The summed E-state index contributed by atoms with van der Waals surface area (Å²) in [5.41, 5.74) is 7.83. The second-order valence-corrected chi connectivity index (χ2v) is 10.1. The van der Waals surface area contributed by atoms with Gasteiger partial charge in [-0.3, -0.25) is 14.6 Å². The Labute approximate surface area is 224 Å². The first-order valence-corrected chi connectivity index (χ1v) is 12.6. The maximum Gasteiger partial charge on any atom is 0.420 e. The van der Waals surface area contributed by atoms with E-state index in [0.717, 1.165) is 18.9 Å². The molecule has 2 saturated heterocycles. The smallest absolute Gasteiger partial charge is 0.383 e. The Hall–Kier alpha value is -4.40. The van der Waals surface area contributed by atoms with Gasteiger partial charge in [-0.05, 0) is 38.7 Å². The highest BCUT2D eigenvalue weighted by atomic mass is 19.4. The van der Waals surface area contributed by atoms with E-state index in [9.17, 15) is 27.9 Å². The van der Waals surface area contributed by atoms with Crippen molar-refractivity contribution in [3.63, 3.8) is 0 Å². The number of piperidine rings is 1. The van der Waals surface area contributed by atoms with E-state index in [1.54, 1.807) is 0 Å². The molecule has 0 unspecified atom stereocenters. The summed E-state index contributed by atoms with van der Waals surface area (Å²) in [7, 11) is 0. The number of aliphatic hydroxyl groups is 1. The Morgan fingerprint density at radius 1 is 1.18 bits per heavy atom. The largest absolute Gasteiger partial charge is 0.420 e.